The molecule has 1 aromatic rings. The quantitative estimate of drug-likeness (QED) is 0.822. The van der Waals surface area contributed by atoms with Gasteiger partial charge in [0.25, 0.3) is 0 Å². The van der Waals surface area contributed by atoms with E-state index in [1.807, 2.05) is 20.8 Å². The summed E-state index contributed by atoms with van der Waals surface area (Å²) in [5.41, 5.74) is -3.59. The van der Waals surface area contributed by atoms with Gasteiger partial charge >= 0.3 is 6.18 Å². The predicted octanol–water partition coefficient (Wildman–Crippen LogP) is 4.09. The minimum Gasteiger partial charge on any atom is -0.374 e. The van der Waals surface area contributed by atoms with Gasteiger partial charge < -0.3 is 5.11 Å². The van der Waals surface area contributed by atoms with E-state index in [9.17, 15) is 22.7 Å². The van der Waals surface area contributed by atoms with Crippen LogP contribution < -0.4 is 0 Å². The molecule has 0 bridgehead atoms. The molecule has 0 amide bonds. The van der Waals surface area contributed by atoms with Crippen LogP contribution in [0, 0.1) is 0 Å². The van der Waals surface area contributed by atoms with E-state index in [4.69, 9.17) is 0 Å². The van der Waals surface area contributed by atoms with Crippen LogP contribution in [0.2, 0.25) is 0 Å². The maximum absolute atomic E-state index is 12.8. The highest BCUT2D eigenvalue weighted by Crippen LogP contribution is 2.40. The molecule has 108 valence electrons. The lowest BCUT2D eigenvalue weighted by atomic mass is 9.80. The van der Waals surface area contributed by atoms with Crippen LogP contribution in [0.5, 0.6) is 0 Å². The molecule has 0 saturated carbocycles. The van der Waals surface area contributed by atoms with Crippen LogP contribution >= 0.6 is 0 Å². The lowest BCUT2D eigenvalue weighted by Gasteiger charge is -2.30. The normalized spacial score (nSPS) is 16.2. The van der Waals surface area contributed by atoms with Gasteiger partial charge in [-0.25, -0.2) is 4.39 Å². The van der Waals surface area contributed by atoms with Crippen LogP contribution in [0.4, 0.5) is 17.6 Å². The second kappa shape index (κ2) is 5.12. The van der Waals surface area contributed by atoms with Crippen molar-refractivity contribution in [2.24, 2.45) is 0 Å². The molecule has 1 unspecified atom stereocenters. The van der Waals surface area contributed by atoms with Crippen molar-refractivity contribution in [3.63, 3.8) is 0 Å². The Morgan fingerprint density at radius 1 is 1.11 bits per heavy atom. The van der Waals surface area contributed by atoms with Crippen molar-refractivity contribution in [1.29, 1.82) is 0 Å². The fourth-order valence-corrected chi connectivity index (χ4v) is 1.72. The lowest BCUT2D eigenvalue weighted by molar-refractivity contribution is -0.271. The van der Waals surface area contributed by atoms with Crippen LogP contribution in [-0.2, 0) is 11.0 Å². The smallest absolute Gasteiger partial charge is 0.374 e. The molecule has 1 aromatic carbocycles. The van der Waals surface area contributed by atoms with Crippen LogP contribution in [0.1, 0.15) is 38.3 Å². The van der Waals surface area contributed by atoms with Gasteiger partial charge in [0, 0.05) is 0 Å². The SMILES string of the molecule is CCC(C)(C)c1cccc(C(O)(CF)C(F)(F)F)c1. The van der Waals surface area contributed by atoms with Crippen LogP contribution in [0.3, 0.4) is 0 Å². The Bertz CT molecular complexity index is 439. The molecule has 0 aliphatic heterocycles. The summed E-state index contributed by atoms with van der Waals surface area (Å²) < 4.78 is 51.2. The maximum Gasteiger partial charge on any atom is 0.424 e. The molecule has 0 aliphatic rings. The van der Waals surface area contributed by atoms with E-state index in [-0.39, 0.29) is 5.41 Å². The van der Waals surface area contributed by atoms with Gasteiger partial charge in [0.1, 0.15) is 6.67 Å². The topological polar surface area (TPSA) is 20.2 Å². The standard InChI is InChI=1S/C14H18F4O/c1-4-12(2,3)10-6-5-7-11(8-10)13(19,9-15)14(16,17)18/h5-8,19H,4,9H2,1-3H3. The van der Waals surface area contributed by atoms with Gasteiger partial charge in [0.15, 0.2) is 0 Å². The van der Waals surface area contributed by atoms with E-state index >= 15 is 0 Å². The summed E-state index contributed by atoms with van der Waals surface area (Å²) in [6, 6.07) is 5.43. The highest BCUT2D eigenvalue weighted by atomic mass is 19.4. The van der Waals surface area contributed by atoms with Crippen molar-refractivity contribution >= 4 is 0 Å². The first-order valence-corrected chi connectivity index (χ1v) is 6.04. The fraction of sp³-hybridized carbons (Fsp3) is 0.571. The summed E-state index contributed by atoms with van der Waals surface area (Å²) in [4.78, 5) is 0. The Balaban J connectivity index is 3.33. The largest absolute Gasteiger partial charge is 0.424 e. The van der Waals surface area contributed by atoms with Gasteiger partial charge in [-0.15, -0.1) is 0 Å². The molecule has 0 radical (unpaired) electrons. The summed E-state index contributed by atoms with van der Waals surface area (Å²) in [6.07, 6.45) is -4.33. The molecular weight excluding hydrogens is 260 g/mol. The third-order valence-electron chi connectivity index (χ3n) is 3.67. The van der Waals surface area contributed by atoms with E-state index in [2.05, 4.69) is 0 Å². The van der Waals surface area contributed by atoms with Gasteiger partial charge in [-0.2, -0.15) is 13.2 Å². The molecule has 0 heterocycles. The van der Waals surface area contributed by atoms with Crippen molar-refractivity contribution in [2.45, 2.75) is 44.4 Å². The average Bonchev–Trinajstić information content (AvgIpc) is 2.36. The number of hydrogen-bond donors (Lipinski definition) is 1. The van der Waals surface area contributed by atoms with E-state index < -0.39 is 24.0 Å². The van der Waals surface area contributed by atoms with Crippen molar-refractivity contribution < 1.29 is 22.7 Å². The summed E-state index contributed by atoms with van der Waals surface area (Å²) >= 11 is 0. The molecule has 19 heavy (non-hydrogen) atoms. The minimum absolute atomic E-state index is 0.334. The van der Waals surface area contributed by atoms with Gasteiger partial charge in [-0.1, -0.05) is 45.0 Å². The van der Waals surface area contributed by atoms with E-state index in [1.54, 1.807) is 6.07 Å². The summed E-state index contributed by atoms with van der Waals surface area (Å²) in [7, 11) is 0. The molecule has 5 heteroatoms. The maximum atomic E-state index is 12.8. The Hall–Kier alpha value is -1.10. The highest BCUT2D eigenvalue weighted by molar-refractivity contribution is 5.33. The zero-order valence-electron chi connectivity index (χ0n) is 11.2. The summed E-state index contributed by atoms with van der Waals surface area (Å²) in [6.45, 7) is 3.78. The van der Waals surface area contributed by atoms with Gasteiger partial charge in [-0.3, -0.25) is 0 Å². The van der Waals surface area contributed by atoms with E-state index in [0.717, 1.165) is 12.5 Å². The first kappa shape index (κ1) is 16.0. The average molecular weight is 278 g/mol. The summed E-state index contributed by atoms with van der Waals surface area (Å²) in [5, 5.41) is 9.59. The van der Waals surface area contributed by atoms with Crippen molar-refractivity contribution in [2.75, 3.05) is 6.67 Å². The number of hydrogen-bond acceptors (Lipinski definition) is 1. The van der Waals surface area contributed by atoms with Crippen LogP contribution in [0.15, 0.2) is 24.3 Å². The highest BCUT2D eigenvalue weighted by Gasteiger charge is 2.55. The van der Waals surface area contributed by atoms with Gasteiger partial charge in [0.05, 0.1) is 0 Å². The number of halogens is 4. The van der Waals surface area contributed by atoms with Crippen molar-refractivity contribution in [1.82, 2.24) is 0 Å². The molecule has 0 fully saturated rings. The second-order valence-electron chi connectivity index (χ2n) is 5.31. The third kappa shape index (κ3) is 2.91. The third-order valence-corrected chi connectivity index (χ3v) is 3.67. The van der Waals surface area contributed by atoms with Gasteiger partial charge in [-0.05, 0) is 23.0 Å². The van der Waals surface area contributed by atoms with E-state index in [0.29, 0.717) is 5.56 Å². The molecule has 0 aliphatic carbocycles. The van der Waals surface area contributed by atoms with E-state index in [1.165, 1.54) is 12.1 Å². The molecule has 1 N–H and O–H groups in total. The number of rotatable bonds is 4. The molecule has 1 nitrogen and oxygen atoms in total. The molecule has 0 saturated heterocycles. The Kier molecular flexibility index (Phi) is 4.30. The summed E-state index contributed by atoms with van der Waals surface area (Å²) in [5.74, 6) is 0. The Morgan fingerprint density at radius 2 is 1.63 bits per heavy atom. The van der Waals surface area contributed by atoms with Crippen molar-refractivity contribution in [3.05, 3.63) is 35.4 Å². The Labute approximate surface area is 110 Å². The van der Waals surface area contributed by atoms with Crippen molar-refractivity contribution in [3.8, 4) is 0 Å². The zero-order chi connectivity index (χ0) is 14.9. The van der Waals surface area contributed by atoms with Crippen LogP contribution in [-0.4, -0.2) is 18.0 Å². The molecule has 1 atom stereocenters. The number of benzene rings is 1. The second-order valence-corrected chi connectivity index (χ2v) is 5.31. The number of aliphatic hydroxyl groups is 1. The van der Waals surface area contributed by atoms with Gasteiger partial charge in [0.2, 0.25) is 5.60 Å². The molecule has 1 rings (SSSR count). The Morgan fingerprint density at radius 3 is 2.05 bits per heavy atom. The van der Waals surface area contributed by atoms with Crippen LogP contribution in [0.25, 0.3) is 0 Å². The zero-order valence-corrected chi connectivity index (χ0v) is 11.2. The predicted molar refractivity (Wildman–Crippen MR) is 65.7 cm³/mol. The molecule has 0 aromatic heterocycles. The number of alkyl halides is 4. The first-order chi connectivity index (χ1) is 8.58. The molecular formula is C14H18F4O. The minimum atomic E-state index is -5.04. The fourth-order valence-electron chi connectivity index (χ4n) is 1.72. The monoisotopic (exact) mass is 278 g/mol. The molecule has 0 spiro atoms. The lowest BCUT2D eigenvalue weighted by Crippen LogP contribution is -2.44. The first-order valence-electron chi connectivity index (χ1n) is 6.04.